The Balaban J connectivity index is 1.78. The molecule has 140 valence electrons. The lowest BCUT2D eigenvalue weighted by Gasteiger charge is -2.12. The van der Waals surface area contributed by atoms with E-state index in [1.165, 1.54) is 4.90 Å². The summed E-state index contributed by atoms with van der Waals surface area (Å²) in [7, 11) is 1.77. The maximum atomic E-state index is 12.9. The molecule has 4 nitrogen and oxygen atoms in total. The summed E-state index contributed by atoms with van der Waals surface area (Å²) in [6.07, 6.45) is 3.82. The topological polar surface area (TPSA) is 46.9 Å². The molecule has 28 heavy (non-hydrogen) atoms. The molecule has 0 saturated heterocycles. The van der Waals surface area contributed by atoms with E-state index in [2.05, 4.69) is 22.4 Å². The Morgan fingerprint density at radius 3 is 2.64 bits per heavy atom. The molecular weight excluding hydrogens is 390 g/mol. The van der Waals surface area contributed by atoms with E-state index in [9.17, 15) is 4.79 Å². The quantitative estimate of drug-likeness (QED) is 0.439. The third-order valence-corrected chi connectivity index (χ3v) is 5.67. The van der Waals surface area contributed by atoms with Crippen molar-refractivity contribution in [1.82, 2.24) is 9.55 Å². The highest BCUT2D eigenvalue weighted by Crippen LogP contribution is 2.28. The van der Waals surface area contributed by atoms with Gasteiger partial charge in [0.15, 0.2) is 0 Å². The van der Waals surface area contributed by atoms with E-state index in [0.29, 0.717) is 16.4 Å². The van der Waals surface area contributed by atoms with Gasteiger partial charge in [0.2, 0.25) is 0 Å². The van der Waals surface area contributed by atoms with Gasteiger partial charge in [0, 0.05) is 51.4 Å². The van der Waals surface area contributed by atoms with Crippen molar-refractivity contribution in [3.05, 3.63) is 82.2 Å². The first-order valence-corrected chi connectivity index (χ1v) is 10.3. The number of nitrogens with zero attached hydrogens (tertiary/aromatic N) is 2. The van der Waals surface area contributed by atoms with E-state index in [1.807, 2.05) is 48.7 Å². The predicted molar refractivity (Wildman–Crippen MR) is 119 cm³/mol. The lowest BCUT2D eigenvalue weighted by molar-refractivity contribution is 0.907. The summed E-state index contributed by atoms with van der Waals surface area (Å²) in [6.45, 7) is 0. The summed E-state index contributed by atoms with van der Waals surface area (Å²) in [6, 6.07) is 19.2. The van der Waals surface area contributed by atoms with Gasteiger partial charge in [-0.25, -0.2) is 4.98 Å². The average molecular weight is 408 g/mol. The number of benzene rings is 2. The number of hydrogen-bond acceptors (Lipinski definition) is 4. The zero-order valence-corrected chi connectivity index (χ0v) is 17.0. The van der Waals surface area contributed by atoms with Crippen LogP contribution in [-0.2, 0) is 7.05 Å². The third-order valence-electron chi connectivity index (χ3n) is 4.61. The van der Waals surface area contributed by atoms with Crippen molar-refractivity contribution in [2.24, 2.45) is 7.05 Å². The fraction of sp³-hybridized carbons (Fsp3) is 0.0909. The zero-order chi connectivity index (χ0) is 19.7. The number of aryl methyl sites for hydroxylation is 1. The Kier molecular flexibility index (Phi) is 5.11. The molecule has 0 fully saturated rings. The van der Waals surface area contributed by atoms with Crippen molar-refractivity contribution in [1.29, 1.82) is 0 Å². The summed E-state index contributed by atoms with van der Waals surface area (Å²) in [4.78, 5) is 18.6. The molecule has 1 N–H and O–H groups in total. The molecule has 0 bridgehead atoms. The Hall–Kier alpha value is -2.76. The SMILES string of the molecule is CSc1cccc(Nc2cc3c(cn2)cc(-c2ccccc2Cl)c(=O)n3C)c1. The summed E-state index contributed by atoms with van der Waals surface area (Å²) < 4.78 is 1.64. The standard InChI is InChI=1S/C22H18ClN3OS/c1-26-20-12-21(25-15-6-5-7-16(11-15)28-2)24-13-14(20)10-18(22(26)27)17-8-3-4-9-19(17)23/h3-13H,1-2H3,(H,24,25). The third kappa shape index (κ3) is 3.51. The zero-order valence-electron chi connectivity index (χ0n) is 15.4. The molecule has 2 aromatic carbocycles. The summed E-state index contributed by atoms with van der Waals surface area (Å²) in [5.41, 5.74) is 2.95. The van der Waals surface area contributed by atoms with Gasteiger partial charge in [0.1, 0.15) is 5.82 Å². The number of thioether (sulfide) groups is 1. The smallest absolute Gasteiger partial charge is 0.258 e. The van der Waals surface area contributed by atoms with Crippen LogP contribution >= 0.6 is 23.4 Å². The Labute approximate surface area is 172 Å². The second-order valence-corrected chi connectivity index (χ2v) is 7.67. The average Bonchev–Trinajstić information content (AvgIpc) is 2.72. The van der Waals surface area contributed by atoms with Gasteiger partial charge in [0.05, 0.1) is 5.52 Å². The molecule has 0 unspecified atom stereocenters. The van der Waals surface area contributed by atoms with Crippen LogP contribution in [0.2, 0.25) is 5.02 Å². The monoisotopic (exact) mass is 407 g/mol. The highest BCUT2D eigenvalue weighted by Gasteiger charge is 2.12. The van der Waals surface area contributed by atoms with Crippen LogP contribution in [0.4, 0.5) is 11.5 Å². The number of fused-ring (bicyclic) bond motifs is 1. The first-order valence-electron chi connectivity index (χ1n) is 8.72. The maximum Gasteiger partial charge on any atom is 0.258 e. The van der Waals surface area contributed by atoms with Gasteiger partial charge in [-0.2, -0.15) is 0 Å². The number of hydrogen-bond donors (Lipinski definition) is 1. The summed E-state index contributed by atoms with van der Waals surface area (Å²) in [5.74, 6) is 0.686. The summed E-state index contributed by atoms with van der Waals surface area (Å²) in [5, 5.41) is 4.74. The van der Waals surface area contributed by atoms with E-state index >= 15 is 0 Å². The van der Waals surface area contributed by atoms with Crippen molar-refractivity contribution in [2.45, 2.75) is 4.90 Å². The minimum Gasteiger partial charge on any atom is -0.340 e. The molecule has 4 rings (SSSR count). The van der Waals surface area contributed by atoms with Crippen molar-refractivity contribution in [3.63, 3.8) is 0 Å². The maximum absolute atomic E-state index is 12.9. The molecule has 2 heterocycles. The molecule has 0 aliphatic carbocycles. The fourth-order valence-corrected chi connectivity index (χ4v) is 3.85. The first-order chi connectivity index (χ1) is 13.6. The molecule has 0 atom stereocenters. The molecule has 4 aromatic rings. The Bertz CT molecular complexity index is 1240. The molecular formula is C22H18ClN3OS. The van der Waals surface area contributed by atoms with Gasteiger partial charge < -0.3 is 9.88 Å². The van der Waals surface area contributed by atoms with Crippen LogP contribution in [0.3, 0.4) is 0 Å². The van der Waals surface area contributed by atoms with Crippen molar-refractivity contribution < 1.29 is 0 Å². The molecule has 0 aliphatic heterocycles. The van der Waals surface area contributed by atoms with E-state index in [1.54, 1.807) is 35.6 Å². The summed E-state index contributed by atoms with van der Waals surface area (Å²) >= 11 is 7.98. The van der Waals surface area contributed by atoms with Crippen LogP contribution in [0.1, 0.15) is 0 Å². The van der Waals surface area contributed by atoms with Gasteiger partial charge in [-0.05, 0) is 36.6 Å². The lowest BCUT2D eigenvalue weighted by Crippen LogP contribution is -2.19. The second-order valence-electron chi connectivity index (χ2n) is 6.39. The molecule has 6 heteroatoms. The Morgan fingerprint density at radius 2 is 1.86 bits per heavy atom. The van der Waals surface area contributed by atoms with Crippen molar-refractivity contribution >= 4 is 45.8 Å². The Morgan fingerprint density at radius 1 is 1.04 bits per heavy atom. The van der Waals surface area contributed by atoms with E-state index < -0.39 is 0 Å². The van der Waals surface area contributed by atoms with E-state index in [-0.39, 0.29) is 5.56 Å². The van der Waals surface area contributed by atoms with Crippen molar-refractivity contribution in [3.8, 4) is 11.1 Å². The first kappa shape index (κ1) is 18.6. The van der Waals surface area contributed by atoms with Crippen LogP contribution in [0.15, 0.2) is 76.6 Å². The largest absolute Gasteiger partial charge is 0.340 e. The molecule has 0 amide bonds. The van der Waals surface area contributed by atoms with E-state index in [4.69, 9.17) is 11.6 Å². The molecule has 2 aromatic heterocycles. The number of nitrogens with one attached hydrogen (secondary N) is 1. The van der Waals surface area contributed by atoms with Gasteiger partial charge in [0.25, 0.3) is 5.56 Å². The molecule has 0 saturated carbocycles. The minimum atomic E-state index is -0.0952. The number of rotatable bonds is 4. The fourth-order valence-electron chi connectivity index (χ4n) is 3.15. The van der Waals surface area contributed by atoms with Crippen LogP contribution in [0, 0.1) is 0 Å². The molecule has 0 aliphatic rings. The molecule has 0 spiro atoms. The van der Waals surface area contributed by atoms with Crippen molar-refractivity contribution in [2.75, 3.05) is 11.6 Å². The van der Waals surface area contributed by atoms with Gasteiger partial charge in [-0.3, -0.25) is 4.79 Å². The van der Waals surface area contributed by atoms with Gasteiger partial charge >= 0.3 is 0 Å². The number of anilines is 2. The molecule has 0 radical (unpaired) electrons. The van der Waals surface area contributed by atoms with Gasteiger partial charge in [-0.15, -0.1) is 11.8 Å². The highest BCUT2D eigenvalue weighted by molar-refractivity contribution is 7.98. The van der Waals surface area contributed by atoms with Crippen LogP contribution in [-0.4, -0.2) is 15.8 Å². The number of pyridine rings is 2. The predicted octanol–water partition coefficient (Wildman–Crippen LogP) is 5.72. The van der Waals surface area contributed by atoms with Crippen LogP contribution in [0.5, 0.6) is 0 Å². The number of aromatic nitrogens is 2. The van der Waals surface area contributed by atoms with Crippen LogP contribution < -0.4 is 10.9 Å². The lowest BCUT2D eigenvalue weighted by atomic mass is 10.1. The van der Waals surface area contributed by atoms with E-state index in [0.717, 1.165) is 22.2 Å². The minimum absolute atomic E-state index is 0.0952. The highest BCUT2D eigenvalue weighted by atomic mass is 35.5. The van der Waals surface area contributed by atoms with Gasteiger partial charge in [-0.1, -0.05) is 35.9 Å². The second kappa shape index (κ2) is 7.70. The van der Waals surface area contributed by atoms with Crippen LogP contribution in [0.25, 0.3) is 22.0 Å². The number of halogens is 1. The normalized spacial score (nSPS) is 11.0.